The van der Waals surface area contributed by atoms with E-state index in [0.717, 1.165) is 17.7 Å². The topological polar surface area (TPSA) is 58.6 Å². The standard InChI is InChI=1S/C16H24N2O3S/c1-16(2,3)21-15(20)18-8-4-6-12(11-18)17-10-13(19)14-7-5-9-22-14/h5,7,9,12,17H,4,6,8,10-11H2,1-3H3. The lowest BCUT2D eigenvalue weighted by Gasteiger charge is -2.34. The number of likely N-dealkylation sites (tertiary alicyclic amines) is 1. The number of Topliss-reactive ketones (excluding diaryl/α,β-unsaturated/α-hetero) is 1. The number of carbonyl (C=O) groups excluding carboxylic acids is 2. The Morgan fingerprint density at radius 3 is 2.86 bits per heavy atom. The van der Waals surface area contributed by atoms with E-state index in [2.05, 4.69) is 5.32 Å². The summed E-state index contributed by atoms with van der Waals surface area (Å²) in [5.74, 6) is 0.101. The highest BCUT2D eigenvalue weighted by Crippen LogP contribution is 2.16. The molecule has 0 bridgehead atoms. The Morgan fingerprint density at radius 2 is 2.23 bits per heavy atom. The van der Waals surface area contributed by atoms with Gasteiger partial charge in [-0.05, 0) is 45.1 Å². The fraction of sp³-hybridized carbons (Fsp3) is 0.625. The van der Waals surface area contributed by atoms with Crippen LogP contribution in [0.15, 0.2) is 17.5 Å². The predicted molar refractivity (Wildman–Crippen MR) is 87.5 cm³/mol. The first kappa shape index (κ1) is 17.0. The smallest absolute Gasteiger partial charge is 0.410 e. The molecule has 0 spiro atoms. The molecule has 22 heavy (non-hydrogen) atoms. The summed E-state index contributed by atoms with van der Waals surface area (Å²) >= 11 is 1.46. The van der Waals surface area contributed by atoms with Crippen LogP contribution in [0, 0.1) is 0 Å². The highest BCUT2D eigenvalue weighted by Gasteiger charge is 2.27. The van der Waals surface area contributed by atoms with Crippen LogP contribution in [0.4, 0.5) is 4.79 Å². The van der Waals surface area contributed by atoms with Crippen LogP contribution in [-0.4, -0.2) is 48.1 Å². The molecule has 122 valence electrons. The molecule has 1 N–H and O–H groups in total. The minimum absolute atomic E-state index is 0.101. The Labute approximate surface area is 135 Å². The monoisotopic (exact) mass is 324 g/mol. The number of piperidine rings is 1. The van der Waals surface area contributed by atoms with Gasteiger partial charge >= 0.3 is 6.09 Å². The first-order valence-corrected chi connectivity index (χ1v) is 8.51. The Bertz CT molecular complexity index is 508. The lowest BCUT2D eigenvalue weighted by molar-refractivity contribution is 0.0189. The number of nitrogens with one attached hydrogen (secondary N) is 1. The Kier molecular flexibility index (Phi) is 5.58. The number of ether oxygens (including phenoxy) is 1. The van der Waals surface area contributed by atoms with Crippen molar-refractivity contribution in [2.45, 2.75) is 45.3 Å². The van der Waals surface area contributed by atoms with E-state index in [9.17, 15) is 9.59 Å². The number of amides is 1. The number of carbonyl (C=O) groups is 2. The lowest BCUT2D eigenvalue weighted by atomic mass is 10.1. The molecule has 1 fully saturated rings. The third-order valence-electron chi connectivity index (χ3n) is 3.42. The quantitative estimate of drug-likeness (QED) is 0.865. The van der Waals surface area contributed by atoms with E-state index in [1.54, 1.807) is 4.90 Å². The van der Waals surface area contributed by atoms with E-state index < -0.39 is 5.60 Å². The van der Waals surface area contributed by atoms with Crippen LogP contribution < -0.4 is 5.32 Å². The van der Waals surface area contributed by atoms with Crippen LogP contribution in [0.25, 0.3) is 0 Å². The van der Waals surface area contributed by atoms with Crippen molar-refractivity contribution in [3.63, 3.8) is 0 Å². The summed E-state index contributed by atoms with van der Waals surface area (Å²) in [6.45, 7) is 7.21. The van der Waals surface area contributed by atoms with Crippen molar-refractivity contribution in [3.8, 4) is 0 Å². The largest absolute Gasteiger partial charge is 0.444 e. The Balaban J connectivity index is 1.80. The van der Waals surface area contributed by atoms with Crippen molar-refractivity contribution in [2.24, 2.45) is 0 Å². The maximum atomic E-state index is 12.1. The molecular formula is C16H24N2O3S. The summed E-state index contributed by atoms with van der Waals surface area (Å²) in [6.07, 6.45) is 1.62. The van der Waals surface area contributed by atoms with Gasteiger partial charge in [-0.15, -0.1) is 11.3 Å². The van der Waals surface area contributed by atoms with Crippen molar-refractivity contribution in [3.05, 3.63) is 22.4 Å². The third kappa shape index (κ3) is 5.10. The molecule has 2 heterocycles. The minimum Gasteiger partial charge on any atom is -0.444 e. The Morgan fingerprint density at radius 1 is 1.45 bits per heavy atom. The lowest BCUT2D eigenvalue weighted by Crippen LogP contribution is -2.50. The molecular weight excluding hydrogens is 300 g/mol. The summed E-state index contributed by atoms with van der Waals surface area (Å²) < 4.78 is 5.40. The van der Waals surface area contributed by atoms with Gasteiger partial charge in [-0.1, -0.05) is 6.07 Å². The zero-order valence-corrected chi connectivity index (χ0v) is 14.2. The van der Waals surface area contributed by atoms with Gasteiger partial charge in [0.2, 0.25) is 0 Å². The van der Waals surface area contributed by atoms with Gasteiger partial charge in [-0.3, -0.25) is 4.79 Å². The first-order chi connectivity index (χ1) is 10.3. The number of hydrogen-bond acceptors (Lipinski definition) is 5. The molecule has 0 aromatic carbocycles. The van der Waals surface area contributed by atoms with Crippen molar-refractivity contribution in [2.75, 3.05) is 19.6 Å². The average Bonchev–Trinajstić information content (AvgIpc) is 2.97. The first-order valence-electron chi connectivity index (χ1n) is 7.63. The SMILES string of the molecule is CC(C)(C)OC(=O)N1CCCC(NCC(=O)c2cccs2)C1. The summed E-state index contributed by atoms with van der Waals surface area (Å²) in [5.41, 5.74) is -0.480. The second-order valence-electron chi connectivity index (χ2n) is 6.55. The number of thiophene rings is 1. The minimum atomic E-state index is -0.480. The summed E-state index contributed by atoms with van der Waals surface area (Å²) in [4.78, 5) is 26.6. The molecule has 6 heteroatoms. The van der Waals surface area contributed by atoms with Gasteiger partial charge in [-0.25, -0.2) is 4.79 Å². The van der Waals surface area contributed by atoms with E-state index in [1.807, 2.05) is 38.3 Å². The normalized spacial score (nSPS) is 19.0. The fourth-order valence-corrected chi connectivity index (χ4v) is 3.06. The van der Waals surface area contributed by atoms with Crippen LogP contribution in [-0.2, 0) is 4.74 Å². The van der Waals surface area contributed by atoms with Crippen LogP contribution in [0.2, 0.25) is 0 Å². The van der Waals surface area contributed by atoms with E-state index in [-0.39, 0.29) is 17.9 Å². The molecule has 1 aliphatic rings. The molecule has 1 amide bonds. The highest BCUT2D eigenvalue weighted by molar-refractivity contribution is 7.12. The summed E-state index contributed by atoms with van der Waals surface area (Å²) in [6, 6.07) is 3.86. The number of nitrogens with zero attached hydrogens (tertiary/aromatic N) is 1. The fourth-order valence-electron chi connectivity index (χ4n) is 2.40. The van der Waals surface area contributed by atoms with Gasteiger partial charge in [-0.2, -0.15) is 0 Å². The molecule has 2 rings (SSSR count). The van der Waals surface area contributed by atoms with Gasteiger partial charge in [0.25, 0.3) is 0 Å². The summed E-state index contributed by atoms with van der Waals surface area (Å²) in [5, 5.41) is 5.17. The van der Waals surface area contributed by atoms with Gasteiger partial charge in [0.05, 0.1) is 11.4 Å². The maximum Gasteiger partial charge on any atom is 0.410 e. The molecule has 1 atom stereocenters. The van der Waals surface area contributed by atoms with Gasteiger partial charge in [0, 0.05) is 19.1 Å². The van der Waals surface area contributed by atoms with Crippen molar-refractivity contribution in [1.29, 1.82) is 0 Å². The predicted octanol–water partition coefficient (Wildman–Crippen LogP) is 2.92. The molecule has 1 saturated heterocycles. The molecule has 0 radical (unpaired) electrons. The van der Waals surface area contributed by atoms with E-state index in [4.69, 9.17) is 4.74 Å². The van der Waals surface area contributed by atoms with Gasteiger partial charge in [0.15, 0.2) is 5.78 Å². The van der Waals surface area contributed by atoms with Gasteiger partial charge in [0.1, 0.15) is 5.60 Å². The summed E-state index contributed by atoms with van der Waals surface area (Å²) in [7, 11) is 0. The molecule has 0 aliphatic carbocycles. The third-order valence-corrected chi connectivity index (χ3v) is 4.33. The zero-order chi connectivity index (χ0) is 16.2. The van der Waals surface area contributed by atoms with E-state index >= 15 is 0 Å². The maximum absolute atomic E-state index is 12.1. The average molecular weight is 324 g/mol. The van der Waals surface area contributed by atoms with Crippen LogP contribution >= 0.6 is 11.3 Å². The van der Waals surface area contributed by atoms with Gasteiger partial charge < -0.3 is 15.0 Å². The molecule has 1 aromatic heterocycles. The Hall–Kier alpha value is -1.40. The highest BCUT2D eigenvalue weighted by atomic mass is 32.1. The molecule has 0 saturated carbocycles. The van der Waals surface area contributed by atoms with Crippen LogP contribution in [0.1, 0.15) is 43.3 Å². The van der Waals surface area contributed by atoms with Crippen molar-refractivity contribution < 1.29 is 14.3 Å². The molecule has 1 aliphatic heterocycles. The number of rotatable bonds is 4. The van der Waals surface area contributed by atoms with Crippen molar-refractivity contribution in [1.82, 2.24) is 10.2 Å². The molecule has 1 unspecified atom stereocenters. The number of ketones is 1. The molecule has 5 nitrogen and oxygen atoms in total. The van der Waals surface area contributed by atoms with E-state index in [0.29, 0.717) is 19.6 Å². The zero-order valence-electron chi connectivity index (χ0n) is 13.4. The second kappa shape index (κ2) is 7.24. The second-order valence-corrected chi connectivity index (χ2v) is 7.49. The van der Waals surface area contributed by atoms with Crippen LogP contribution in [0.5, 0.6) is 0 Å². The molecule has 1 aromatic rings. The number of hydrogen-bond donors (Lipinski definition) is 1. The van der Waals surface area contributed by atoms with Crippen LogP contribution in [0.3, 0.4) is 0 Å². The van der Waals surface area contributed by atoms with E-state index in [1.165, 1.54) is 11.3 Å². The van der Waals surface area contributed by atoms with Crippen molar-refractivity contribution >= 4 is 23.2 Å².